The predicted octanol–water partition coefficient (Wildman–Crippen LogP) is 4.89. The fraction of sp³-hybridized carbons (Fsp3) is 0.348. The van der Waals surface area contributed by atoms with E-state index in [1.54, 1.807) is 36.5 Å². The summed E-state index contributed by atoms with van der Waals surface area (Å²) in [5, 5.41) is 11.9. The number of hydrogen-bond acceptors (Lipinski definition) is 6. The first-order chi connectivity index (χ1) is 16.9. The molecule has 4 rings (SSSR count). The molecule has 0 saturated carbocycles. The summed E-state index contributed by atoms with van der Waals surface area (Å²) >= 11 is 4.35. The number of thiophene rings is 1. The largest absolute Gasteiger partial charge is 0.365 e. The zero-order valence-corrected chi connectivity index (χ0v) is 22.6. The lowest BCUT2D eigenvalue weighted by Gasteiger charge is -2.15. The van der Waals surface area contributed by atoms with Gasteiger partial charge in [-0.3, -0.25) is 19.0 Å². The van der Waals surface area contributed by atoms with E-state index in [4.69, 9.17) is 5.73 Å². The van der Waals surface area contributed by atoms with Crippen LogP contribution in [0.2, 0.25) is 0 Å². The SMILES string of the molecule is Cc1nn(CC(C)C(=O)Nc2c(C(N)=O)sc3nc(C(F)F)cc(-c4cnn(C)c4C)c23)c(C)c1Br. The molecule has 0 aliphatic heterocycles. The number of nitrogens with one attached hydrogen (secondary N) is 1. The number of rotatable bonds is 7. The summed E-state index contributed by atoms with van der Waals surface area (Å²) in [7, 11) is 1.73. The fourth-order valence-corrected chi connectivity index (χ4v) is 5.24. The minimum atomic E-state index is -2.83. The molecule has 4 heterocycles. The van der Waals surface area contributed by atoms with Gasteiger partial charge in [0.2, 0.25) is 5.91 Å². The topological polar surface area (TPSA) is 121 Å². The molecule has 0 spiro atoms. The number of alkyl halides is 2. The summed E-state index contributed by atoms with van der Waals surface area (Å²) in [6.45, 7) is 7.57. The van der Waals surface area contributed by atoms with Gasteiger partial charge in [0, 0.05) is 29.4 Å². The number of aryl methyl sites for hydroxylation is 2. The number of halogens is 3. The molecule has 4 aromatic heterocycles. The third-order valence-electron chi connectivity index (χ3n) is 6.09. The quantitative estimate of drug-likeness (QED) is 0.323. The Kier molecular flexibility index (Phi) is 6.97. The molecule has 36 heavy (non-hydrogen) atoms. The lowest BCUT2D eigenvalue weighted by molar-refractivity contribution is -0.119. The molecular weight excluding hydrogens is 556 g/mol. The molecule has 13 heteroatoms. The van der Waals surface area contributed by atoms with Crippen LogP contribution in [0.4, 0.5) is 14.5 Å². The van der Waals surface area contributed by atoms with Gasteiger partial charge >= 0.3 is 0 Å². The van der Waals surface area contributed by atoms with Crippen molar-refractivity contribution in [2.75, 3.05) is 5.32 Å². The Labute approximate surface area is 217 Å². The monoisotopic (exact) mass is 579 g/mol. The Hall–Kier alpha value is -3.19. The van der Waals surface area contributed by atoms with Gasteiger partial charge in [-0.25, -0.2) is 13.8 Å². The van der Waals surface area contributed by atoms with E-state index in [9.17, 15) is 18.4 Å². The molecule has 4 aromatic rings. The molecular formula is C23H24BrF2N7O2S. The molecule has 0 saturated heterocycles. The Morgan fingerprint density at radius 3 is 2.44 bits per heavy atom. The maximum atomic E-state index is 13.7. The van der Waals surface area contributed by atoms with Crippen LogP contribution in [0.1, 0.15) is 45.8 Å². The van der Waals surface area contributed by atoms with Gasteiger partial charge < -0.3 is 11.1 Å². The van der Waals surface area contributed by atoms with Crippen LogP contribution >= 0.6 is 27.3 Å². The summed E-state index contributed by atoms with van der Waals surface area (Å²) in [6, 6.07) is 1.26. The average Bonchev–Trinajstić information content (AvgIpc) is 3.43. The summed E-state index contributed by atoms with van der Waals surface area (Å²) in [5.41, 5.74) is 8.69. The van der Waals surface area contributed by atoms with Crippen LogP contribution in [0.3, 0.4) is 0 Å². The number of hydrogen-bond donors (Lipinski definition) is 2. The number of aromatic nitrogens is 5. The summed E-state index contributed by atoms with van der Waals surface area (Å²) in [6.07, 6.45) is -1.28. The highest BCUT2D eigenvalue weighted by atomic mass is 79.9. The van der Waals surface area contributed by atoms with Gasteiger partial charge in [0.05, 0.1) is 34.5 Å². The van der Waals surface area contributed by atoms with Crippen molar-refractivity contribution in [3.8, 4) is 11.1 Å². The van der Waals surface area contributed by atoms with E-state index >= 15 is 0 Å². The van der Waals surface area contributed by atoms with Crippen LogP contribution in [0.15, 0.2) is 16.7 Å². The third-order valence-corrected chi connectivity index (χ3v) is 8.34. The van der Waals surface area contributed by atoms with E-state index in [-0.39, 0.29) is 21.3 Å². The Bertz CT molecular complexity index is 1510. The second-order valence-electron chi connectivity index (χ2n) is 8.57. The average molecular weight is 580 g/mol. The first-order valence-corrected chi connectivity index (χ1v) is 12.6. The number of amides is 2. The van der Waals surface area contributed by atoms with Gasteiger partial charge in [0.1, 0.15) is 15.4 Å². The summed E-state index contributed by atoms with van der Waals surface area (Å²) in [4.78, 5) is 29.9. The molecule has 3 N–H and O–H groups in total. The van der Waals surface area contributed by atoms with Crippen LogP contribution in [0.5, 0.6) is 0 Å². The smallest absolute Gasteiger partial charge is 0.280 e. The molecule has 0 radical (unpaired) electrons. The van der Waals surface area contributed by atoms with Crippen LogP contribution in [0, 0.1) is 26.7 Å². The van der Waals surface area contributed by atoms with Gasteiger partial charge in [-0.05, 0) is 48.3 Å². The maximum Gasteiger partial charge on any atom is 0.280 e. The summed E-state index contributed by atoms with van der Waals surface area (Å²) in [5.74, 6) is -1.72. The van der Waals surface area contributed by atoms with Gasteiger partial charge in [0.25, 0.3) is 12.3 Å². The van der Waals surface area contributed by atoms with Gasteiger partial charge in [-0.1, -0.05) is 6.92 Å². The zero-order valence-electron chi connectivity index (χ0n) is 20.2. The molecule has 0 fully saturated rings. The lowest BCUT2D eigenvalue weighted by Crippen LogP contribution is -2.26. The normalized spacial score (nSPS) is 12.5. The zero-order chi connectivity index (χ0) is 26.5. The number of pyridine rings is 1. The molecule has 2 amide bonds. The second-order valence-corrected chi connectivity index (χ2v) is 10.4. The van der Waals surface area contributed by atoms with Gasteiger partial charge in [-0.2, -0.15) is 10.2 Å². The van der Waals surface area contributed by atoms with E-state index in [1.807, 2.05) is 13.8 Å². The van der Waals surface area contributed by atoms with Gasteiger partial charge in [0.15, 0.2) is 0 Å². The number of nitrogens with two attached hydrogens (primary N) is 1. The minimum Gasteiger partial charge on any atom is -0.365 e. The second kappa shape index (κ2) is 9.69. The van der Waals surface area contributed by atoms with Crippen LogP contribution in [0.25, 0.3) is 21.3 Å². The highest BCUT2D eigenvalue weighted by Gasteiger charge is 2.27. The van der Waals surface area contributed by atoms with Crippen LogP contribution in [-0.4, -0.2) is 36.4 Å². The lowest BCUT2D eigenvalue weighted by atomic mass is 10.0. The molecule has 0 aliphatic carbocycles. The Balaban J connectivity index is 1.83. The van der Waals surface area contributed by atoms with E-state index in [1.165, 1.54) is 6.07 Å². The van der Waals surface area contributed by atoms with Crippen molar-refractivity contribution in [2.24, 2.45) is 18.7 Å². The molecule has 190 valence electrons. The van der Waals surface area contributed by atoms with Gasteiger partial charge in [-0.15, -0.1) is 11.3 Å². The number of anilines is 1. The van der Waals surface area contributed by atoms with Crippen molar-refractivity contribution in [1.82, 2.24) is 24.5 Å². The van der Waals surface area contributed by atoms with Crippen molar-refractivity contribution >= 4 is 55.0 Å². The Morgan fingerprint density at radius 1 is 1.22 bits per heavy atom. The molecule has 1 atom stereocenters. The van der Waals surface area contributed by atoms with Crippen molar-refractivity contribution < 1.29 is 18.4 Å². The number of carbonyl (C=O) groups is 2. The number of carbonyl (C=O) groups excluding carboxylic acids is 2. The van der Waals surface area contributed by atoms with Crippen LogP contribution < -0.4 is 11.1 Å². The van der Waals surface area contributed by atoms with E-state index < -0.39 is 23.9 Å². The highest BCUT2D eigenvalue weighted by Crippen LogP contribution is 2.43. The van der Waals surface area contributed by atoms with Crippen molar-refractivity contribution in [1.29, 1.82) is 0 Å². The maximum absolute atomic E-state index is 13.7. The highest BCUT2D eigenvalue weighted by molar-refractivity contribution is 9.10. The number of nitrogens with zero attached hydrogens (tertiary/aromatic N) is 5. The number of primary amides is 1. The number of fused-ring (bicyclic) bond motifs is 1. The van der Waals surface area contributed by atoms with Crippen molar-refractivity contribution in [2.45, 2.75) is 40.7 Å². The van der Waals surface area contributed by atoms with E-state index in [0.29, 0.717) is 23.1 Å². The van der Waals surface area contributed by atoms with Crippen molar-refractivity contribution in [3.05, 3.63) is 44.4 Å². The standard InChI is InChI=1S/C23H24BrF2N7O2S/c1-9(8-33-12(4)17(24)10(2)31-33)22(35)30-18-16-13(14-7-28-32(5)11(14)3)6-15(20(25)26)29-23(16)36-19(18)21(27)34/h6-7,9,20H,8H2,1-5H3,(H2,27,34)(H,30,35). The first kappa shape index (κ1) is 25.9. The minimum absolute atomic E-state index is 0.0288. The molecule has 0 aromatic carbocycles. The molecule has 0 bridgehead atoms. The third kappa shape index (κ3) is 4.52. The Morgan fingerprint density at radius 2 is 1.92 bits per heavy atom. The summed E-state index contributed by atoms with van der Waals surface area (Å²) < 4.78 is 31.6. The molecule has 9 nitrogen and oxygen atoms in total. The van der Waals surface area contributed by atoms with Crippen LogP contribution in [-0.2, 0) is 18.4 Å². The van der Waals surface area contributed by atoms with Crippen molar-refractivity contribution in [3.63, 3.8) is 0 Å². The molecule has 1 unspecified atom stereocenters. The fourth-order valence-electron chi connectivity index (χ4n) is 3.94. The molecule has 0 aliphatic rings. The van der Waals surface area contributed by atoms with E-state index in [2.05, 4.69) is 36.4 Å². The predicted molar refractivity (Wildman–Crippen MR) is 137 cm³/mol. The van der Waals surface area contributed by atoms with E-state index in [0.717, 1.165) is 32.9 Å². The first-order valence-electron chi connectivity index (χ1n) is 10.9.